The van der Waals surface area contributed by atoms with Crippen molar-refractivity contribution in [1.82, 2.24) is 14.7 Å². The van der Waals surface area contributed by atoms with E-state index in [-0.39, 0.29) is 11.9 Å². The average molecular weight is 264 g/mol. The van der Waals surface area contributed by atoms with Crippen LogP contribution in [0.1, 0.15) is 49.8 Å². The molecule has 2 heterocycles. The Bertz CT molecular complexity index is 480. The summed E-state index contributed by atoms with van der Waals surface area (Å²) in [5.41, 5.74) is 7.96. The van der Waals surface area contributed by atoms with Gasteiger partial charge in [-0.05, 0) is 32.1 Å². The van der Waals surface area contributed by atoms with E-state index >= 15 is 0 Å². The minimum atomic E-state index is 0.0197. The second-order valence-electron chi connectivity index (χ2n) is 5.68. The van der Waals surface area contributed by atoms with E-state index in [9.17, 15) is 4.79 Å². The van der Waals surface area contributed by atoms with Crippen molar-refractivity contribution in [1.29, 1.82) is 0 Å². The van der Waals surface area contributed by atoms with Crippen LogP contribution in [-0.2, 0) is 13.5 Å². The molecule has 2 N–H and O–H groups in total. The number of nitrogen functional groups attached to an aromatic ring is 1. The Morgan fingerprint density at radius 3 is 2.68 bits per heavy atom. The van der Waals surface area contributed by atoms with Gasteiger partial charge in [-0.15, -0.1) is 0 Å². The summed E-state index contributed by atoms with van der Waals surface area (Å²) in [5, 5.41) is 4.33. The van der Waals surface area contributed by atoms with Gasteiger partial charge in [-0.2, -0.15) is 5.10 Å². The molecule has 0 radical (unpaired) electrons. The van der Waals surface area contributed by atoms with Crippen molar-refractivity contribution in [3.63, 3.8) is 0 Å². The number of likely N-dealkylation sites (tertiary alicyclic amines) is 1. The number of nitrogens with zero attached hydrogens (tertiary/aromatic N) is 3. The van der Waals surface area contributed by atoms with Crippen molar-refractivity contribution >= 4 is 11.6 Å². The third kappa shape index (κ3) is 2.46. The van der Waals surface area contributed by atoms with Crippen molar-refractivity contribution in [3.05, 3.63) is 11.4 Å². The maximum absolute atomic E-state index is 12.7. The van der Waals surface area contributed by atoms with Crippen LogP contribution < -0.4 is 5.73 Å². The Kier molecular flexibility index (Phi) is 3.83. The summed E-state index contributed by atoms with van der Waals surface area (Å²) in [6.07, 6.45) is 3.00. The number of aryl methyl sites for hydroxylation is 2. The van der Waals surface area contributed by atoms with Gasteiger partial charge in [-0.25, -0.2) is 0 Å². The van der Waals surface area contributed by atoms with Gasteiger partial charge < -0.3 is 10.6 Å². The summed E-state index contributed by atoms with van der Waals surface area (Å²) in [6.45, 7) is 7.11. The Morgan fingerprint density at radius 1 is 1.42 bits per heavy atom. The first-order valence-corrected chi connectivity index (χ1v) is 7.08. The predicted octanol–water partition coefficient (Wildman–Crippen LogP) is 1.83. The zero-order chi connectivity index (χ0) is 14.2. The van der Waals surface area contributed by atoms with Crippen molar-refractivity contribution in [2.45, 2.75) is 46.1 Å². The second kappa shape index (κ2) is 5.23. The van der Waals surface area contributed by atoms with Gasteiger partial charge in [0, 0.05) is 19.6 Å². The number of piperidine rings is 1. The lowest BCUT2D eigenvalue weighted by molar-refractivity contribution is 0.0564. The maximum Gasteiger partial charge on any atom is 0.274 e. The molecule has 5 nitrogen and oxygen atoms in total. The van der Waals surface area contributed by atoms with Gasteiger partial charge in [0.1, 0.15) is 5.69 Å². The average Bonchev–Trinajstić information content (AvgIpc) is 2.66. The highest BCUT2D eigenvalue weighted by Crippen LogP contribution is 2.26. The van der Waals surface area contributed by atoms with Crippen molar-refractivity contribution in [2.24, 2.45) is 13.0 Å². The quantitative estimate of drug-likeness (QED) is 0.886. The van der Waals surface area contributed by atoms with E-state index in [2.05, 4.69) is 18.9 Å². The van der Waals surface area contributed by atoms with Gasteiger partial charge in [0.05, 0.1) is 11.4 Å². The summed E-state index contributed by atoms with van der Waals surface area (Å²) in [6, 6.07) is 0.281. The molecule has 1 saturated heterocycles. The number of anilines is 1. The molecule has 0 saturated carbocycles. The Hall–Kier alpha value is -1.52. The lowest BCUT2D eigenvalue weighted by atomic mass is 9.94. The SMILES string of the molecule is CCc1nn(C)c(C(=O)N2CC(C)CCC2C)c1N. The van der Waals surface area contributed by atoms with Crippen LogP contribution in [0.4, 0.5) is 5.69 Å². The minimum Gasteiger partial charge on any atom is -0.395 e. The van der Waals surface area contributed by atoms with Gasteiger partial charge >= 0.3 is 0 Å². The van der Waals surface area contributed by atoms with Gasteiger partial charge in [0.15, 0.2) is 0 Å². The third-order valence-corrected chi connectivity index (χ3v) is 4.08. The van der Waals surface area contributed by atoms with Gasteiger partial charge in [0.2, 0.25) is 0 Å². The fourth-order valence-corrected chi connectivity index (χ4v) is 2.82. The van der Waals surface area contributed by atoms with Crippen LogP contribution >= 0.6 is 0 Å². The lowest BCUT2D eigenvalue weighted by Gasteiger charge is -2.36. The fourth-order valence-electron chi connectivity index (χ4n) is 2.82. The van der Waals surface area contributed by atoms with E-state index in [0.29, 0.717) is 17.3 Å². The lowest BCUT2D eigenvalue weighted by Crippen LogP contribution is -2.45. The molecule has 1 amide bonds. The first-order valence-electron chi connectivity index (χ1n) is 7.08. The van der Waals surface area contributed by atoms with E-state index in [1.54, 1.807) is 11.7 Å². The van der Waals surface area contributed by atoms with Crippen LogP contribution in [0, 0.1) is 5.92 Å². The van der Waals surface area contributed by atoms with Gasteiger partial charge in [-0.1, -0.05) is 13.8 Å². The smallest absolute Gasteiger partial charge is 0.274 e. The number of carbonyl (C=O) groups excluding carboxylic acids is 1. The molecule has 0 spiro atoms. The highest BCUT2D eigenvalue weighted by atomic mass is 16.2. The molecular weight excluding hydrogens is 240 g/mol. The highest BCUT2D eigenvalue weighted by molar-refractivity contribution is 5.98. The minimum absolute atomic E-state index is 0.0197. The number of hydrogen-bond donors (Lipinski definition) is 1. The highest BCUT2D eigenvalue weighted by Gasteiger charge is 2.31. The number of aromatic nitrogens is 2. The summed E-state index contributed by atoms with van der Waals surface area (Å²) < 4.78 is 1.63. The first-order chi connectivity index (χ1) is 8.95. The van der Waals surface area contributed by atoms with Crippen LogP contribution in [0.15, 0.2) is 0 Å². The molecule has 1 aromatic heterocycles. The summed E-state index contributed by atoms with van der Waals surface area (Å²) in [5.74, 6) is 0.575. The van der Waals surface area contributed by atoms with Gasteiger partial charge in [-0.3, -0.25) is 9.48 Å². The van der Waals surface area contributed by atoms with E-state index in [4.69, 9.17) is 5.73 Å². The van der Waals surface area contributed by atoms with Crippen LogP contribution in [0.3, 0.4) is 0 Å². The summed E-state index contributed by atoms with van der Waals surface area (Å²) >= 11 is 0. The van der Waals surface area contributed by atoms with E-state index in [1.165, 1.54) is 6.42 Å². The molecule has 2 unspecified atom stereocenters. The fraction of sp³-hybridized carbons (Fsp3) is 0.714. The van der Waals surface area contributed by atoms with Crippen LogP contribution in [0.2, 0.25) is 0 Å². The monoisotopic (exact) mass is 264 g/mol. The normalized spacial score (nSPS) is 23.7. The molecular formula is C14H24N4O. The molecule has 0 aromatic carbocycles. The molecule has 0 aliphatic carbocycles. The second-order valence-corrected chi connectivity index (χ2v) is 5.68. The standard InChI is InChI=1S/C14H24N4O/c1-5-11-12(15)13(17(4)16-11)14(19)18-8-9(2)6-7-10(18)3/h9-10H,5-8,15H2,1-4H3. The number of carbonyl (C=O) groups is 1. The zero-order valence-electron chi connectivity index (χ0n) is 12.3. The van der Waals surface area contributed by atoms with E-state index in [0.717, 1.165) is 25.1 Å². The third-order valence-electron chi connectivity index (χ3n) is 4.08. The number of hydrogen-bond acceptors (Lipinski definition) is 3. The molecule has 1 aliphatic heterocycles. The first kappa shape index (κ1) is 13.9. The molecule has 5 heteroatoms. The molecule has 106 valence electrons. The molecule has 1 aromatic rings. The number of rotatable bonds is 2. The molecule has 1 aliphatic rings. The van der Waals surface area contributed by atoms with Crippen LogP contribution in [0.5, 0.6) is 0 Å². The molecule has 19 heavy (non-hydrogen) atoms. The van der Waals surface area contributed by atoms with Crippen LogP contribution in [0.25, 0.3) is 0 Å². The van der Waals surface area contributed by atoms with E-state index < -0.39 is 0 Å². The van der Waals surface area contributed by atoms with Gasteiger partial charge in [0.25, 0.3) is 5.91 Å². The van der Waals surface area contributed by atoms with Crippen molar-refractivity contribution in [3.8, 4) is 0 Å². The topological polar surface area (TPSA) is 64.2 Å². The number of nitrogens with two attached hydrogens (primary N) is 1. The zero-order valence-corrected chi connectivity index (χ0v) is 12.3. The Morgan fingerprint density at radius 2 is 2.11 bits per heavy atom. The van der Waals surface area contributed by atoms with Crippen LogP contribution in [-0.4, -0.2) is 33.2 Å². The molecule has 0 bridgehead atoms. The van der Waals surface area contributed by atoms with E-state index in [1.807, 2.05) is 11.8 Å². The largest absolute Gasteiger partial charge is 0.395 e. The molecule has 1 fully saturated rings. The predicted molar refractivity (Wildman–Crippen MR) is 75.9 cm³/mol. The Balaban J connectivity index is 2.31. The summed E-state index contributed by atoms with van der Waals surface area (Å²) in [7, 11) is 1.79. The van der Waals surface area contributed by atoms with Crippen molar-refractivity contribution < 1.29 is 4.79 Å². The molecule has 2 rings (SSSR count). The number of amides is 1. The Labute approximate surface area is 114 Å². The van der Waals surface area contributed by atoms with Crippen molar-refractivity contribution in [2.75, 3.05) is 12.3 Å². The molecule has 2 atom stereocenters. The maximum atomic E-state index is 12.7. The summed E-state index contributed by atoms with van der Waals surface area (Å²) in [4.78, 5) is 14.7.